The maximum atomic E-state index is 4.51. The first-order chi connectivity index (χ1) is 10.3. The Labute approximate surface area is 133 Å². The fourth-order valence-electron chi connectivity index (χ4n) is 4.16. The van der Waals surface area contributed by atoms with Crippen molar-refractivity contribution in [2.75, 3.05) is 13.1 Å². The molecule has 0 aromatic carbocycles. The molecule has 0 amide bonds. The number of hydrogen-bond donors (Lipinski definition) is 1. The van der Waals surface area contributed by atoms with Gasteiger partial charge < -0.3 is 5.32 Å². The average Bonchev–Trinajstić information content (AvgIpc) is 2.99. The summed E-state index contributed by atoms with van der Waals surface area (Å²) in [4.78, 5) is 7.33. The first-order valence-electron chi connectivity index (χ1n) is 8.66. The van der Waals surface area contributed by atoms with E-state index in [9.17, 15) is 0 Å². The van der Waals surface area contributed by atoms with Crippen LogP contribution in [0.15, 0.2) is 11.6 Å². The Bertz CT molecular complexity index is 406. The molecule has 2 bridgehead atoms. The molecule has 1 aromatic heterocycles. The Balaban J connectivity index is 1.61. The number of nitrogens with zero attached hydrogens (tertiary/aromatic N) is 2. The van der Waals surface area contributed by atoms with Crippen molar-refractivity contribution in [1.29, 1.82) is 0 Å². The van der Waals surface area contributed by atoms with Crippen LogP contribution in [0.2, 0.25) is 0 Å². The van der Waals surface area contributed by atoms with Crippen molar-refractivity contribution in [2.45, 2.75) is 76.4 Å². The summed E-state index contributed by atoms with van der Waals surface area (Å²) in [6.45, 7) is 6.98. The summed E-state index contributed by atoms with van der Waals surface area (Å²) in [6, 6.07) is 2.36. The lowest BCUT2D eigenvalue weighted by Gasteiger charge is -2.50. The van der Waals surface area contributed by atoms with E-state index < -0.39 is 0 Å². The fraction of sp³-hybridized carbons (Fsp3) is 0.824. The van der Waals surface area contributed by atoms with Crippen LogP contribution in [-0.4, -0.2) is 41.1 Å². The lowest BCUT2D eigenvalue weighted by molar-refractivity contribution is 0.0208. The van der Waals surface area contributed by atoms with Crippen LogP contribution in [0.1, 0.15) is 63.3 Å². The zero-order valence-corrected chi connectivity index (χ0v) is 14.2. The van der Waals surface area contributed by atoms with E-state index in [4.69, 9.17) is 0 Å². The minimum atomic E-state index is 0.577. The molecule has 2 aliphatic rings. The summed E-state index contributed by atoms with van der Waals surface area (Å²) in [5, 5.41) is 7.17. The van der Waals surface area contributed by atoms with E-state index in [1.165, 1.54) is 56.6 Å². The summed E-state index contributed by atoms with van der Waals surface area (Å²) in [6.07, 6.45) is 10.1. The van der Waals surface area contributed by atoms with Gasteiger partial charge in [0.15, 0.2) is 0 Å². The zero-order valence-electron chi connectivity index (χ0n) is 13.4. The maximum absolute atomic E-state index is 4.51. The Hall–Kier alpha value is -0.450. The van der Waals surface area contributed by atoms with Crippen molar-refractivity contribution in [3.05, 3.63) is 16.6 Å². The lowest BCUT2D eigenvalue weighted by atomic mass is 9.81. The van der Waals surface area contributed by atoms with E-state index in [-0.39, 0.29) is 0 Å². The number of thiazole rings is 1. The van der Waals surface area contributed by atoms with Crippen molar-refractivity contribution in [2.24, 2.45) is 0 Å². The van der Waals surface area contributed by atoms with E-state index in [0.717, 1.165) is 18.1 Å². The monoisotopic (exact) mass is 307 g/mol. The Morgan fingerprint density at radius 2 is 2.14 bits per heavy atom. The normalized spacial score (nSPS) is 31.2. The van der Waals surface area contributed by atoms with E-state index >= 15 is 0 Å². The highest BCUT2D eigenvalue weighted by atomic mass is 32.1. The minimum absolute atomic E-state index is 0.577. The molecule has 3 heterocycles. The first-order valence-corrected chi connectivity index (χ1v) is 9.54. The van der Waals surface area contributed by atoms with Crippen molar-refractivity contribution in [1.82, 2.24) is 15.2 Å². The topological polar surface area (TPSA) is 28.2 Å². The summed E-state index contributed by atoms with van der Waals surface area (Å²) >= 11 is 1.81. The van der Waals surface area contributed by atoms with E-state index in [1.807, 2.05) is 17.5 Å². The van der Waals surface area contributed by atoms with Crippen molar-refractivity contribution in [3.8, 4) is 0 Å². The SMILES string of the molecule is CCCNC1CC2CCCC(C1)N2CC(C)c1nccs1. The van der Waals surface area contributed by atoms with Crippen LogP contribution in [0, 0.1) is 0 Å². The smallest absolute Gasteiger partial charge is 0.0965 e. The zero-order chi connectivity index (χ0) is 14.7. The predicted octanol–water partition coefficient (Wildman–Crippen LogP) is 3.63. The fourth-order valence-corrected chi connectivity index (χ4v) is 4.85. The third kappa shape index (κ3) is 3.66. The summed E-state index contributed by atoms with van der Waals surface area (Å²) in [5.74, 6) is 0.577. The van der Waals surface area contributed by atoms with Gasteiger partial charge in [-0.3, -0.25) is 4.90 Å². The minimum Gasteiger partial charge on any atom is -0.314 e. The van der Waals surface area contributed by atoms with Crippen LogP contribution in [0.3, 0.4) is 0 Å². The molecular formula is C17H29N3S. The number of piperidine rings is 2. The van der Waals surface area contributed by atoms with Gasteiger partial charge in [-0.25, -0.2) is 4.98 Å². The van der Waals surface area contributed by atoms with Crippen LogP contribution >= 0.6 is 11.3 Å². The van der Waals surface area contributed by atoms with Crippen LogP contribution in [0.5, 0.6) is 0 Å². The Morgan fingerprint density at radius 1 is 1.38 bits per heavy atom. The van der Waals surface area contributed by atoms with Gasteiger partial charge >= 0.3 is 0 Å². The molecule has 1 aromatic rings. The van der Waals surface area contributed by atoms with Gasteiger partial charge in [0.25, 0.3) is 0 Å². The molecule has 3 atom stereocenters. The maximum Gasteiger partial charge on any atom is 0.0965 e. The van der Waals surface area contributed by atoms with Crippen LogP contribution < -0.4 is 5.32 Å². The predicted molar refractivity (Wildman–Crippen MR) is 90.0 cm³/mol. The van der Waals surface area contributed by atoms with Crippen LogP contribution in [0.4, 0.5) is 0 Å². The molecule has 0 aliphatic carbocycles. The second-order valence-electron chi connectivity index (χ2n) is 6.83. The molecule has 1 N–H and O–H groups in total. The lowest BCUT2D eigenvalue weighted by Crippen LogP contribution is -2.57. The van der Waals surface area contributed by atoms with Gasteiger partial charge in [-0.05, 0) is 38.6 Å². The van der Waals surface area contributed by atoms with E-state index in [1.54, 1.807) is 0 Å². The summed E-state index contributed by atoms with van der Waals surface area (Å²) < 4.78 is 0. The van der Waals surface area contributed by atoms with Gasteiger partial charge in [0.2, 0.25) is 0 Å². The number of rotatable bonds is 6. The molecular weight excluding hydrogens is 278 g/mol. The number of fused-ring (bicyclic) bond motifs is 2. The second-order valence-corrected chi connectivity index (χ2v) is 7.76. The Kier molecular flexibility index (Phi) is 5.30. The molecule has 21 heavy (non-hydrogen) atoms. The quantitative estimate of drug-likeness (QED) is 0.870. The molecule has 0 saturated carbocycles. The molecule has 2 aliphatic heterocycles. The highest BCUT2D eigenvalue weighted by molar-refractivity contribution is 7.09. The third-order valence-electron chi connectivity index (χ3n) is 5.17. The van der Waals surface area contributed by atoms with Gasteiger partial charge in [-0.15, -0.1) is 11.3 Å². The summed E-state index contributed by atoms with van der Waals surface area (Å²) in [7, 11) is 0. The molecule has 2 saturated heterocycles. The third-order valence-corrected chi connectivity index (χ3v) is 6.17. The van der Waals surface area contributed by atoms with Gasteiger partial charge in [-0.2, -0.15) is 0 Å². The number of nitrogens with one attached hydrogen (secondary N) is 1. The molecule has 2 fully saturated rings. The second kappa shape index (κ2) is 7.21. The molecule has 4 heteroatoms. The standard InChI is InChI=1S/C17H29N3S/c1-3-7-18-14-10-15-5-4-6-16(11-14)20(15)12-13(2)17-19-8-9-21-17/h8-9,13-16,18H,3-7,10-12H2,1-2H3. The number of aromatic nitrogens is 1. The van der Waals surface area contributed by atoms with Gasteiger partial charge in [0.05, 0.1) is 5.01 Å². The van der Waals surface area contributed by atoms with Gasteiger partial charge in [0, 0.05) is 42.2 Å². The van der Waals surface area contributed by atoms with Crippen molar-refractivity contribution >= 4 is 11.3 Å². The van der Waals surface area contributed by atoms with Gasteiger partial charge in [0.1, 0.15) is 0 Å². The average molecular weight is 308 g/mol. The highest BCUT2D eigenvalue weighted by Gasteiger charge is 2.38. The first kappa shape index (κ1) is 15.4. The molecule has 3 unspecified atom stereocenters. The molecule has 3 nitrogen and oxygen atoms in total. The Morgan fingerprint density at radius 3 is 2.76 bits per heavy atom. The molecule has 118 valence electrons. The van der Waals surface area contributed by atoms with Gasteiger partial charge in [-0.1, -0.05) is 20.3 Å². The number of hydrogen-bond acceptors (Lipinski definition) is 4. The van der Waals surface area contributed by atoms with Crippen LogP contribution in [0.25, 0.3) is 0 Å². The van der Waals surface area contributed by atoms with E-state index in [0.29, 0.717) is 5.92 Å². The van der Waals surface area contributed by atoms with Crippen LogP contribution in [-0.2, 0) is 0 Å². The molecule has 0 radical (unpaired) electrons. The molecule has 0 spiro atoms. The van der Waals surface area contributed by atoms with Crippen molar-refractivity contribution in [3.63, 3.8) is 0 Å². The largest absolute Gasteiger partial charge is 0.314 e. The van der Waals surface area contributed by atoms with E-state index in [2.05, 4.69) is 34.4 Å². The molecule has 3 rings (SSSR count). The highest BCUT2D eigenvalue weighted by Crippen LogP contribution is 2.35. The van der Waals surface area contributed by atoms with Crippen molar-refractivity contribution < 1.29 is 0 Å². The summed E-state index contributed by atoms with van der Waals surface area (Å²) in [5.41, 5.74) is 0.